The van der Waals surface area contributed by atoms with Crippen LogP contribution in [0, 0.1) is 0 Å². The summed E-state index contributed by atoms with van der Waals surface area (Å²) >= 11 is 0. The number of hydrogen-bond acceptors (Lipinski definition) is 7. The van der Waals surface area contributed by atoms with Gasteiger partial charge in [-0.1, -0.05) is 122 Å². The van der Waals surface area contributed by atoms with Crippen molar-refractivity contribution in [3.8, 4) is 45.6 Å². The molecule has 7 heteroatoms. The summed E-state index contributed by atoms with van der Waals surface area (Å²) in [5.41, 5.74) is 8.09. The number of hydrogen-bond donors (Lipinski definition) is 0. The van der Waals surface area contributed by atoms with Crippen molar-refractivity contribution in [3.05, 3.63) is 164 Å². The molecule has 0 aliphatic rings. The molecule has 0 saturated carbocycles. The van der Waals surface area contributed by atoms with E-state index in [0.29, 0.717) is 51.5 Å². The lowest BCUT2D eigenvalue weighted by Crippen LogP contribution is -2.00. The molecule has 0 saturated heterocycles. The van der Waals surface area contributed by atoms with Gasteiger partial charge in [0.15, 0.2) is 28.9 Å². The van der Waals surface area contributed by atoms with Crippen LogP contribution in [0.25, 0.3) is 90.2 Å². The van der Waals surface area contributed by atoms with Crippen molar-refractivity contribution >= 4 is 44.7 Å². The van der Waals surface area contributed by atoms with Crippen molar-refractivity contribution in [3.63, 3.8) is 0 Å². The van der Waals surface area contributed by atoms with Crippen LogP contribution in [0.15, 0.2) is 155 Å². The van der Waals surface area contributed by atoms with Crippen molar-refractivity contribution in [2.24, 2.45) is 0 Å². The summed E-state index contributed by atoms with van der Waals surface area (Å²) in [7, 11) is 0. The van der Waals surface area contributed by atoms with E-state index in [1.807, 2.05) is 133 Å². The summed E-state index contributed by atoms with van der Waals surface area (Å²) in [6.07, 6.45) is 1.69. The van der Waals surface area contributed by atoms with E-state index in [1.165, 1.54) is 0 Å². The van der Waals surface area contributed by atoms with Crippen LogP contribution in [-0.2, 0) is 0 Å². The van der Waals surface area contributed by atoms with Gasteiger partial charge in [-0.3, -0.25) is 0 Å². The molecule has 0 spiro atoms. The molecule has 0 amide bonds. The Labute approximate surface area is 287 Å². The summed E-state index contributed by atoms with van der Waals surface area (Å²) in [6.45, 7) is 8.63. The number of para-hydroxylation sites is 1. The Kier molecular flexibility index (Phi) is 6.95. The van der Waals surface area contributed by atoms with Crippen LogP contribution in [0.2, 0.25) is 0 Å². The minimum absolute atomic E-state index is 0.531. The molecule has 9 rings (SSSR count). The normalized spacial score (nSPS) is 11.4. The molecular weight excluding hydrogens is 619 g/mol. The molecule has 4 heterocycles. The largest absolute Gasteiger partial charge is 0.456 e. The fourth-order valence-electron chi connectivity index (χ4n) is 6.28. The molecule has 0 fully saturated rings. The molecule has 0 N–H and O–H groups in total. The standard InChI is InChI=1S/C43H27N5O2/c1-3-33-36(26(2)37-39-38(32-21-13-14-22-34(32)50-39)45-40(44-37)27-15-7-4-8-16-27)31-24-23-30(25-35(31)49-33)43-47-41(28-17-9-5-10-18-28)46-42(48-43)29-19-11-6-12-20-29/h3-25H,1-2H2. The molecular formula is C43H27N5O2. The predicted molar refractivity (Wildman–Crippen MR) is 199 cm³/mol. The predicted octanol–water partition coefficient (Wildman–Crippen LogP) is 10.7. The van der Waals surface area contributed by atoms with Crippen LogP contribution in [0.5, 0.6) is 0 Å². The molecule has 7 nitrogen and oxygen atoms in total. The fraction of sp³-hybridized carbons (Fsp3) is 0. The molecule has 5 aromatic carbocycles. The third-order valence-corrected chi connectivity index (χ3v) is 8.70. The van der Waals surface area contributed by atoms with E-state index >= 15 is 0 Å². The van der Waals surface area contributed by atoms with Gasteiger partial charge in [-0.25, -0.2) is 24.9 Å². The fourth-order valence-corrected chi connectivity index (χ4v) is 6.28. The van der Waals surface area contributed by atoms with Crippen LogP contribution in [0.3, 0.4) is 0 Å². The molecule has 0 radical (unpaired) electrons. The molecule has 0 atom stereocenters. The first-order valence-electron chi connectivity index (χ1n) is 16.2. The second kappa shape index (κ2) is 11.9. The van der Waals surface area contributed by atoms with Crippen LogP contribution in [0.1, 0.15) is 17.0 Å². The summed E-state index contributed by atoms with van der Waals surface area (Å²) in [5, 5.41) is 1.75. The molecule has 9 aromatic rings. The highest BCUT2D eigenvalue weighted by Gasteiger charge is 2.24. The average Bonchev–Trinajstić information content (AvgIpc) is 3.76. The number of fused-ring (bicyclic) bond motifs is 4. The Morgan fingerprint density at radius 1 is 0.500 bits per heavy atom. The molecule has 0 bridgehead atoms. The number of aromatic nitrogens is 5. The average molecular weight is 646 g/mol. The molecule has 0 aliphatic heterocycles. The Morgan fingerprint density at radius 3 is 1.64 bits per heavy atom. The molecule has 0 aliphatic carbocycles. The van der Waals surface area contributed by atoms with E-state index < -0.39 is 0 Å². The lowest BCUT2D eigenvalue weighted by Gasteiger charge is -2.09. The zero-order chi connectivity index (χ0) is 33.6. The second-order valence-corrected chi connectivity index (χ2v) is 11.8. The Balaban J connectivity index is 1.20. The Morgan fingerprint density at radius 2 is 1.04 bits per heavy atom. The highest BCUT2D eigenvalue weighted by Crippen LogP contribution is 2.40. The van der Waals surface area contributed by atoms with Gasteiger partial charge in [0.2, 0.25) is 0 Å². The molecule has 236 valence electrons. The van der Waals surface area contributed by atoms with Crippen molar-refractivity contribution < 1.29 is 8.83 Å². The van der Waals surface area contributed by atoms with Gasteiger partial charge in [0.1, 0.15) is 28.1 Å². The zero-order valence-corrected chi connectivity index (χ0v) is 26.7. The van der Waals surface area contributed by atoms with Crippen LogP contribution in [-0.4, -0.2) is 24.9 Å². The summed E-state index contributed by atoms with van der Waals surface area (Å²) in [5.74, 6) is 2.85. The van der Waals surface area contributed by atoms with Gasteiger partial charge in [0.05, 0.1) is 0 Å². The van der Waals surface area contributed by atoms with Crippen molar-refractivity contribution in [2.75, 3.05) is 0 Å². The van der Waals surface area contributed by atoms with Crippen molar-refractivity contribution in [1.82, 2.24) is 24.9 Å². The van der Waals surface area contributed by atoms with E-state index in [0.717, 1.165) is 49.7 Å². The maximum atomic E-state index is 6.44. The Bertz CT molecular complexity index is 2680. The first-order valence-corrected chi connectivity index (χ1v) is 16.2. The number of rotatable bonds is 7. The van der Waals surface area contributed by atoms with Crippen LogP contribution >= 0.6 is 0 Å². The number of nitrogens with zero attached hydrogens (tertiary/aromatic N) is 5. The third-order valence-electron chi connectivity index (χ3n) is 8.70. The lowest BCUT2D eigenvalue weighted by atomic mass is 9.98. The van der Waals surface area contributed by atoms with Gasteiger partial charge in [-0.15, -0.1) is 0 Å². The lowest BCUT2D eigenvalue weighted by molar-refractivity contribution is 0.603. The summed E-state index contributed by atoms with van der Waals surface area (Å²) < 4.78 is 12.8. The molecule has 50 heavy (non-hydrogen) atoms. The van der Waals surface area contributed by atoms with E-state index in [4.69, 9.17) is 33.8 Å². The summed E-state index contributed by atoms with van der Waals surface area (Å²) in [6, 6.07) is 43.5. The van der Waals surface area contributed by atoms with Crippen molar-refractivity contribution in [1.29, 1.82) is 0 Å². The van der Waals surface area contributed by atoms with E-state index in [9.17, 15) is 0 Å². The van der Waals surface area contributed by atoms with Gasteiger partial charge in [0, 0.05) is 44.2 Å². The number of furan rings is 2. The SMILES string of the molecule is C=Cc1oc2cc(-c3nc(-c4ccccc4)nc(-c4ccccc4)n3)ccc2c1C(=C)c1nc(-c2ccccc2)nc2c1oc1ccccc12. The highest BCUT2D eigenvalue weighted by atomic mass is 16.3. The first kappa shape index (κ1) is 29.2. The van der Waals surface area contributed by atoms with E-state index in [1.54, 1.807) is 6.08 Å². The van der Waals surface area contributed by atoms with Gasteiger partial charge >= 0.3 is 0 Å². The molecule has 4 aromatic heterocycles. The monoisotopic (exact) mass is 645 g/mol. The minimum Gasteiger partial charge on any atom is -0.456 e. The Hall–Kier alpha value is -6.99. The topological polar surface area (TPSA) is 90.7 Å². The smallest absolute Gasteiger partial charge is 0.180 e. The minimum atomic E-state index is 0.531. The van der Waals surface area contributed by atoms with Gasteiger partial charge in [-0.2, -0.15) is 0 Å². The van der Waals surface area contributed by atoms with Gasteiger partial charge < -0.3 is 8.83 Å². The first-order chi connectivity index (χ1) is 24.6. The zero-order valence-electron chi connectivity index (χ0n) is 26.7. The van der Waals surface area contributed by atoms with Crippen LogP contribution < -0.4 is 0 Å². The highest BCUT2D eigenvalue weighted by molar-refractivity contribution is 6.09. The van der Waals surface area contributed by atoms with Gasteiger partial charge in [0.25, 0.3) is 0 Å². The van der Waals surface area contributed by atoms with Crippen molar-refractivity contribution in [2.45, 2.75) is 0 Å². The maximum absolute atomic E-state index is 6.44. The summed E-state index contributed by atoms with van der Waals surface area (Å²) in [4.78, 5) is 24.6. The number of benzene rings is 5. The maximum Gasteiger partial charge on any atom is 0.180 e. The van der Waals surface area contributed by atoms with Crippen LogP contribution in [0.4, 0.5) is 0 Å². The van der Waals surface area contributed by atoms with E-state index in [2.05, 4.69) is 13.2 Å². The van der Waals surface area contributed by atoms with Gasteiger partial charge in [-0.05, 0) is 30.3 Å². The van der Waals surface area contributed by atoms with E-state index in [-0.39, 0.29) is 0 Å². The quantitative estimate of drug-likeness (QED) is 0.170. The third kappa shape index (κ3) is 4.96. The second-order valence-electron chi connectivity index (χ2n) is 11.8. The molecule has 0 unspecified atom stereocenters.